The van der Waals surface area contributed by atoms with Crippen molar-refractivity contribution in [2.75, 3.05) is 6.54 Å². The number of amides is 2. The zero-order valence-electron chi connectivity index (χ0n) is 19.1. The van der Waals surface area contributed by atoms with Crippen LogP contribution in [0.15, 0.2) is 90.3 Å². The van der Waals surface area contributed by atoms with Gasteiger partial charge < -0.3 is 9.64 Å². The van der Waals surface area contributed by atoms with Crippen LogP contribution in [0.3, 0.4) is 0 Å². The summed E-state index contributed by atoms with van der Waals surface area (Å²) in [7, 11) is -4.15. The number of sulfonamides is 1. The summed E-state index contributed by atoms with van der Waals surface area (Å²) < 4.78 is 34.3. The van der Waals surface area contributed by atoms with Gasteiger partial charge in [0.05, 0.1) is 22.9 Å². The van der Waals surface area contributed by atoms with E-state index in [4.69, 9.17) is 4.74 Å². The molecular weight excluding hydrogens is 464 g/mol. The number of likely N-dealkylation sites (tertiary alicyclic amines) is 1. The molecule has 0 aromatic heterocycles. The van der Waals surface area contributed by atoms with Crippen LogP contribution in [0.4, 0.5) is 4.79 Å². The summed E-state index contributed by atoms with van der Waals surface area (Å²) in [6, 6.07) is 20.3. The molecule has 3 aromatic rings. The van der Waals surface area contributed by atoms with E-state index < -0.39 is 40.0 Å². The highest BCUT2D eigenvalue weighted by atomic mass is 32.2. The molecule has 0 bridgehead atoms. The maximum Gasteiger partial charge on any atom is 0.410 e. The molecule has 0 spiro atoms. The molecule has 0 unspecified atom stereocenters. The molecule has 2 aliphatic heterocycles. The molecule has 3 atom stereocenters. The number of ether oxygens (including phenoxy) is 1. The average Bonchev–Trinajstić information content (AvgIpc) is 3.41. The Labute approximate surface area is 204 Å². The Balaban J connectivity index is 1.46. The molecular formula is C27H26N2O5S. The molecule has 5 rings (SSSR count). The monoisotopic (exact) mass is 490 g/mol. The van der Waals surface area contributed by atoms with Crippen LogP contribution < -0.4 is 0 Å². The minimum Gasteiger partial charge on any atom is -0.445 e. The van der Waals surface area contributed by atoms with Crippen molar-refractivity contribution in [3.05, 3.63) is 91.0 Å². The topological polar surface area (TPSA) is 84.0 Å². The molecule has 2 saturated heterocycles. The van der Waals surface area contributed by atoms with Gasteiger partial charge in [-0.1, -0.05) is 72.8 Å². The van der Waals surface area contributed by atoms with Crippen LogP contribution in [-0.4, -0.2) is 48.3 Å². The van der Waals surface area contributed by atoms with E-state index in [2.05, 4.69) is 6.58 Å². The molecule has 180 valence electrons. The van der Waals surface area contributed by atoms with Crippen molar-refractivity contribution in [1.82, 2.24) is 9.21 Å². The number of nitrogens with zero attached hydrogens (tertiary/aromatic N) is 2. The van der Waals surface area contributed by atoms with E-state index in [-0.39, 0.29) is 17.9 Å². The fraction of sp³-hybridized carbons (Fsp3) is 0.259. The summed E-state index contributed by atoms with van der Waals surface area (Å²) >= 11 is 0. The minimum atomic E-state index is -4.15. The summed E-state index contributed by atoms with van der Waals surface area (Å²) in [4.78, 5) is 28.2. The van der Waals surface area contributed by atoms with Gasteiger partial charge in [-0.3, -0.25) is 4.79 Å². The fourth-order valence-electron chi connectivity index (χ4n) is 5.27. The first kappa shape index (κ1) is 23.1. The van der Waals surface area contributed by atoms with Gasteiger partial charge in [-0.15, -0.1) is 6.58 Å². The molecule has 35 heavy (non-hydrogen) atoms. The van der Waals surface area contributed by atoms with Crippen LogP contribution in [0, 0.1) is 5.92 Å². The van der Waals surface area contributed by atoms with Gasteiger partial charge in [0.15, 0.2) is 0 Å². The van der Waals surface area contributed by atoms with Gasteiger partial charge in [-0.25, -0.2) is 17.5 Å². The highest BCUT2D eigenvalue weighted by molar-refractivity contribution is 7.90. The Hall–Kier alpha value is -3.65. The minimum absolute atomic E-state index is 0.0899. The van der Waals surface area contributed by atoms with Crippen molar-refractivity contribution < 1.29 is 22.7 Å². The van der Waals surface area contributed by atoms with Crippen LogP contribution in [0.5, 0.6) is 0 Å². The second-order valence-corrected chi connectivity index (χ2v) is 10.6. The number of carbonyl (C=O) groups is 2. The molecule has 0 N–H and O–H groups in total. The van der Waals surface area contributed by atoms with Crippen LogP contribution in [-0.2, 0) is 26.2 Å². The lowest BCUT2D eigenvalue weighted by molar-refractivity contribution is -0.128. The lowest BCUT2D eigenvalue weighted by Crippen LogP contribution is -2.43. The molecule has 2 aliphatic rings. The standard InChI is InChI=1S/C27H26N2O5S/c1-2-9-22-25-23(16-17-28(25)27(31)34-18-19-10-4-3-5-11-19)29(26(22)30)35(32,33)24-15-8-13-20-12-6-7-14-21(20)24/h2-8,10-15,22-23,25H,1,9,16-18H2/t22-,23+,25-/m1/s1. The number of rotatable bonds is 6. The molecule has 2 amide bonds. The fourth-order valence-corrected chi connectivity index (χ4v) is 7.16. The lowest BCUT2D eigenvalue weighted by Gasteiger charge is -2.26. The van der Waals surface area contributed by atoms with Crippen LogP contribution in [0.2, 0.25) is 0 Å². The summed E-state index contributed by atoms with van der Waals surface area (Å²) in [5, 5.41) is 1.33. The van der Waals surface area contributed by atoms with Crippen LogP contribution in [0.1, 0.15) is 18.4 Å². The predicted molar refractivity (Wildman–Crippen MR) is 132 cm³/mol. The SMILES string of the molecule is C=CC[C@H]1C(=O)N(S(=O)(=O)c2cccc3ccccc23)[C@H]2CCN(C(=O)OCc3ccccc3)[C@H]12. The smallest absolute Gasteiger partial charge is 0.410 e. The summed E-state index contributed by atoms with van der Waals surface area (Å²) in [6.45, 7) is 4.16. The Morgan fingerprint density at radius 2 is 1.74 bits per heavy atom. The van der Waals surface area contributed by atoms with Crippen LogP contribution >= 0.6 is 0 Å². The van der Waals surface area contributed by atoms with Gasteiger partial charge in [-0.2, -0.15) is 0 Å². The maximum absolute atomic E-state index is 13.9. The van der Waals surface area contributed by atoms with Gasteiger partial charge in [0.1, 0.15) is 6.61 Å². The Morgan fingerprint density at radius 1 is 1.03 bits per heavy atom. The number of fused-ring (bicyclic) bond motifs is 2. The highest BCUT2D eigenvalue weighted by Crippen LogP contribution is 2.42. The second-order valence-electron chi connectivity index (χ2n) is 8.83. The first-order valence-corrected chi connectivity index (χ1v) is 13.0. The van der Waals surface area contributed by atoms with Crippen molar-refractivity contribution in [1.29, 1.82) is 0 Å². The summed E-state index contributed by atoms with van der Waals surface area (Å²) in [5.74, 6) is -1.21. The van der Waals surface area contributed by atoms with Crippen molar-refractivity contribution >= 4 is 32.8 Å². The van der Waals surface area contributed by atoms with Gasteiger partial charge in [-0.05, 0) is 29.9 Å². The molecule has 2 fully saturated rings. The van der Waals surface area contributed by atoms with Gasteiger partial charge in [0.25, 0.3) is 10.0 Å². The second kappa shape index (κ2) is 9.19. The number of hydrogen-bond acceptors (Lipinski definition) is 5. The van der Waals surface area contributed by atoms with Crippen molar-refractivity contribution in [2.45, 2.75) is 36.4 Å². The molecule has 0 saturated carbocycles. The third-order valence-electron chi connectivity index (χ3n) is 6.81. The quantitative estimate of drug-likeness (QED) is 0.480. The molecule has 3 aromatic carbocycles. The van der Waals surface area contributed by atoms with Crippen molar-refractivity contribution in [3.8, 4) is 0 Å². The first-order valence-electron chi connectivity index (χ1n) is 11.6. The van der Waals surface area contributed by atoms with Crippen molar-refractivity contribution in [2.24, 2.45) is 5.92 Å². The molecule has 0 radical (unpaired) electrons. The maximum atomic E-state index is 13.9. The third-order valence-corrected chi connectivity index (χ3v) is 8.69. The molecule has 0 aliphatic carbocycles. The Bertz CT molecular complexity index is 1380. The van der Waals surface area contributed by atoms with E-state index in [1.165, 1.54) is 11.0 Å². The normalized spacial score (nSPS) is 21.8. The number of hydrogen-bond donors (Lipinski definition) is 0. The predicted octanol–water partition coefficient (Wildman–Crippen LogP) is 4.34. The summed E-state index contributed by atoms with van der Waals surface area (Å²) in [5.41, 5.74) is 0.849. The third kappa shape index (κ3) is 3.97. The Morgan fingerprint density at radius 3 is 2.51 bits per heavy atom. The molecule has 8 heteroatoms. The number of benzene rings is 3. The Kier molecular flexibility index (Phi) is 6.06. The van der Waals surface area contributed by atoms with Crippen LogP contribution in [0.25, 0.3) is 10.8 Å². The van der Waals surface area contributed by atoms with E-state index in [0.717, 1.165) is 15.3 Å². The molecule has 2 heterocycles. The van der Waals surface area contributed by atoms with E-state index in [1.54, 1.807) is 24.3 Å². The van der Waals surface area contributed by atoms with Gasteiger partial charge >= 0.3 is 6.09 Å². The van der Waals surface area contributed by atoms with E-state index in [1.807, 2.05) is 48.5 Å². The van der Waals surface area contributed by atoms with Gasteiger partial charge in [0.2, 0.25) is 5.91 Å². The molecule has 7 nitrogen and oxygen atoms in total. The highest BCUT2D eigenvalue weighted by Gasteiger charge is 2.58. The van der Waals surface area contributed by atoms with E-state index in [9.17, 15) is 18.0 Å². The van der Waals surface area contributed by atoms with Crippen molar-refractivity contribution in [3.63, 3.8) is 0 Å². The van der Waals surface area contributed by atoms with E-state index in [0.29, 0.717) is 18.4 Å². The summed E-state index contributed by atoms with van der Waals surface area (Å²) in [6.07, 6.45) is 1.67. The zero-order chi connectivity index (χ0) is 24.6. The van der Waals surface area contributed by atoms with Gasteiger partial charge in [0, 0.05) is 11.9 Å². The van der Waals surface area contributed by atoms with E-state index >= 15 is 0 Å². The zero-order valence-corrected chi connectivity index (χ0v) is 19.9. The number of allylic oxidation sites excluding steroid dienone is 1. The first-order chi connectivity index (χ1) is 16.9. The largest absolute Gasteiger partial charge is 0.445 e. The average molecular weight is 491 g/mol. The number of carbonyl (C=O) groups excluding carboxylic acids is 2. The lowest BCUT2D eigenvalue weighted by atomic mass is 9.96.